The molecular formula is C19H20N2O6. The molecule has 1 fully saturated rings. The molecule has 0 aromatic heterocycles. The molecule has 0 radical (unpaired) electrons. The molecule has 0 spiro atoms. The fraction of sp³-hybridized carbons (Fsp3) is 0.421. The molecule has 8 heteroatoms. The summed E-state index contributed by atoms with van der Waals surface area (Å²) in [5, 5.41) is 4.76. The van der Waals surface area contributed by atoms with Crippen LogP contribution in [0, 0.1) is 17.8 Å². The highest BCUT2D eigenvalue weighted by Crippen LogP contribution is 2.44. The topological polar surface area (TPSA) is 103 Å². The smallest absolute Gasteiger partial charge is 0.322 e. The van der Waals surface area contributed by atoms with Crippen molar-refractivity contribution in [1.82, 2.24) is 10.6 Å². The molecule has 0 aliphatic carbocycles. The van der Waals surface area contributed by atoms with Gasteiger partial charge in [-0.25, -0.2) is 4.79 Å². The van der Waals surface area contributed by atoms with Crippen LogP contribution in [0.25, 0.3) is 0 Å². The van der Waals surface area contributed by atoms with Crippen LogP contribution >= 0.6 is 0 Å². The van der Waals surface area contributed by atoms with E-state index in [1.807, 2.05) is 13.8 Å². The first kappa shape index (κ1) is 18.6. The first-order valence-corrected chi connectivity index (χ1v) is 8.43. The number of benzene rings is 1. The van der Waals surface area contributed by atoms with Crippen LogP contribution in [0.3, 0.4) is 0 Å². The Morgan fingerprint density at radius 3 is 2.78 bits per heavy atom. The molecule has 27 heavy (non-hydrogen) atoms. The first-order chi connectivity index (χ1) is 12.8. The predicted octanol–water partition coefficient (Wildman–Crippen LogP) is 1.30. The standard InChI is InChI=1S/C19H20N2O6/c1-4-7-25-17(23)15(11-5-6-13-14(8-11)27-10-26-13)19(2,3)9-12-16(22)21-18(24)20-12/h1,5-6,8,12,15H,7,9-10H2,2-3H3,(H2,20,21,22,24). The van der Waals surface area contributed by atoms with Crippen molar-refractivity contribution in [1.29, 1.82) is 0 Å². The zero-order chi connectivity index (χ0) is 19.6. The molecule has 1 aromatic carbocycles. The second-order valence-corrected chi connectivity index (χ2v) is 7.07. The second-order valence-electron chi connectivity index (χ2n) is 7.07. The summed E-state index contributed by atoms with van der Waals surface area (Å²) in [5.74, 6) is 1.73. The van der Waals surface area contributed by atoms with Gasteiger partial charge in [0, 0.05) is 0 Å². The summed E-state index contributed by atoms with van der Waals surface area (Å²) < 4.78 is 15.9. The van der Waals surface area contributed by atoms with Crippen LogP contribution in [-0.2, 0) is 14.3 Å². The van der Waals surface area contributed by atoms with Gasteiger partial charge in [-0.3, -0.25) is 14.9 Å². The molecule has 142 valence electrons. The molecule has 2 atom stereocenters. The van der Waals surface area contributed by atoms with E-state index in [4.69, 9.17) is 20.6 Å². The van der Waals surface area contributed by atoms with Crippen molar-refractivity contribution in [3.05, 3.63) is 23.8 Å². The van der Waals surface area contributed by atoms with Gasteiger partial charge in [-0.05, 0) is 29.5 Å². The van der Waals surface area contributed by atoms with Crippen molar-refractivity contribution in [3.63, 3.8) is 0 Å². The van der Waals surface area contributed by atoms with Crippen molar-refractivity contribution in [2.45, 2.75) is 32.2 Å². The molecule has 2 N–H and O–H groups in total. The quantitative estimate of drug-likeness (QED) is 0.443. The van der Waals surface area contributed by atoms with Gasteiger partial charge in [0.15, 0.2) is 18.1 Å². The number of nitrogens with one attached hydrogen (secondary N) is 2. The summed E-state index contributed by atoms with van der Waals surface area (Å²) >= 11 is 0. The number of hydrogen-bond donors (Lipinski definition) is 2. The Kier molecular flexibility index (Phi) is 4.95. The highest BCUT2D eigenvalue weighted by molar-refractivity contribution is 6.04. The summed E-state index contributed by atoms with van der Waals surface area (Å²) in [5.41, 5.74) is -0.0880. The maximum absolute atomic E-state index is 12.8. The van der Waals surface area contributed by atoms with Gasteiger partial charge in [0.2, 0.25) is 6.79 Å². The van der Waals surface area contributed by atoms with Crippen LogP contribution in [0.2, 0.25) is 0 Å². The highest BCUT2D eigenvalue weighted by Gasteiger charge is 2.43. The summed E-state index contributed by atoms with van der Waals surface area (Å²) in [6.07, 6.45) is 5.43. The molecule has 1 aromatic rings. The van der Waals surface area contributed by atoms with Crippen LogP contribution in [0.15, 0.2) is 18.2 Å². The van der Waals surface area contributed by atoms with E-state index in [1.54, 1.807) is 18.2 Å². The maximum atomic E-state index is 12.8. The molecule has 0 saturated carbocycles. The normalized spacial score (nSPS) is 19.1. The lowest BCUT2D eigenvalue weighted by Gasteiger charge is -2.34. The average Bonchev–Trinajstić information content (AvgIpc) is 3.18. The van der Waals surface area contributed by atoms with Crippen LogP contribution in [0.1, 0.15) is 31.7 Å². The lowest BCUT2D eigenvalue weighted by molar-refractivity contribution is -0.147. The molecule has 2 aliphatic rings. The first-order valence-electron chi connectivity index (χ1n) is 8.43. The summed E-state index contributed by atoms with van der Waals surface area (Å²) in [6, 6.07) is 3.92. The number of urea groups is 1. The number of rotatable bonds is 6. The minimum atomic E-state index is -0.737. The van der Waals surface area contributed by atoms with Gasteiger partial charge in [0.25, 0.3) is 5.91 Å². The Morgan fingerprint density at radius 2 is 2.11 bits per heavy atom. The lowest BCUT2D eigenvalue weighted by atomic mass is 9.71. The monoisotopic (exact) mass is 372 g/mol. The van der Waals surface area contributed by atoms with E-state index < -0.39 is 35.3 Å². The van der Waals surface area contributed by atoms with E-state index in [-0.39, 0.29) is 19.8 Å². The number of fused-ring (bicyclic) bond motifs is 1. The lowest BCUT2D eigenvalue weighted by Crippen LogP contribution is -2.39. The van der Waals surface area contributed by atoms with E-state index in [1.165, 1.54) is 0 Å². The third kappa shape index (κ3) is 3.82. The van der Waals surface area contributed by atoms with Crippen molar-refractivity contribution in [3.8, 4) is 23.8 Å². The van der Waals surface area contributed by atoms with Gasteiger partial charge in [-0.1, -0.05) is 25.8 Å². The molecule has 1 saturated heterocycles. The highest BCUT2D eigenvalue weighted by atomic mass is 16.7. The molecule has 2 aliphatic heterocycles. The minimum absolute atomic E-state index is 0.114. The number of hydrogen-bond acceptors (Lipinski definition) is 6. The second kappa shape index (κ2) is 7.19. The van der Waals surface area contributed by atoms with Crippen molar-refractivity contribution in [2.24, 2.45) is 5.41 Å². The molecule has 0 bridgehead atoms. The number of carbonyl (C=O) groups excluding carboxylic acids is 3. The fourth-order valence-electron chi connectivity index (χ4n) is 3.44. The van der Waals surface area contributed by atoms with Crippen LogP contribution < -0.4 is 20.1 Å². The van der Waals surface area contributed by atoms with Gasteiger partial charge in [0.05, 0.1) is 5.92 Å². The predicted molar refractivity (Wildman–Crippen MR) is 94.0 cm³/mol. The zero-order valence-electron chi connectivity index (χ0n) is 15.0. The van der Waals surface area contributed by atoms with Crippen LogP contribution in [0.4, 0.5) is 4.79 Å². The Balaban J connectivity index is 1.91. The van der Waals surface area contributed by atoms with E-state index in [0.717, 1.165) is 0 Å². The molecule has 2 unspecified atom stereocenters. The Labute approximate surface area is 156 Å². The van der Waals surface area contributed by atoms with Gasteiger partial charge in [-0.15, -0.1) is 6.42 Å². The average molecular weight is 372 g/mol. The van der Waals surface area contributed by atoms with Gasteiger partial charge < -0.3 is 19.5 Å². The largest absolute Gasteiger partial charge is 0.454 e. The van der Waals surface area contributed by atoms with E-state index in [0.29, 0.717) is 17.1 Å². The Morgan fingerprint density at radius 1 is 1.37 bits per heavy atom. The molecular weight excluding hydrogens is 352 g/mol. The Hall–Kier alpha value is -3.21. The number of esters is 1. The number of terminal acetylenes is 1. The number of imide groups is 1. The van der Waals surface area contributed by atoms with Gasteiger partial charge in [0.1, 0.15) is 6.04 Å². The van der Waals surface area contributed by atoms with Crippen LogP contribution in [-0.4, -0.2) is 37.3 Å². The number of amides is 3. The molecule has 2 heterocycles. The Bertz CT molecular complexity index is 826. The van der Waals surface area contributed by atoms with Crippen molar-refractivity contribution in [2.75, 3.05) is 13.4 Å². The van der Waals surface area contributed by atoms with Crippen molar-refractivity contribution < 1.29 is 28.6 Å². The molecule has 8 nitrogen and oxygen atoms in total. The molecule has 3 rings (SSSR count). The van der Waals surface area contributed by atoms with Crippen molar-refractivity contribution >= 4 is 17.9 Å². The summed E-state index contributed by atoms with van der Waals surface area (Å²) in [7, 11) is 0. The van der Waals surface area contributed by atoms with Gasteiger partial charge in [-0.2, -0.15) is 0 Å². The third-order valence-corrected chi connectivity index (χ3v) is 4.63. The molecule has 3 amide bonds. The van der Waals surface area contributed by atoms with E-state index in [2.05, 4.69) is 16.6 Å². The summed E-state index contributed by atoms with van der Waals surface area (Å²) in [6.45, 7) is 3.62. The third-order valence-electron chi connectivity index (χ3n) is 4.63. The maximum Gasteiger partial charge on any atom is 0.322 e. The SMILES string of the molecule is C#CCOC(=O)C(c1ccc2c(c1)OCO2)C(C)(C)CC1NC(=O)NC1=O. The van der Waals surface area contributed by atoms with E-state index >= 15 is 0 Å². The minimum Gasteiger partial charge on any atom is -0.454 e. The fourth-order valence-corrected chi connectivity index (χ4v) is 3.44. The zero-order valence-corrected chi connectivity index (χ0v) is 15.0. The van der Waals surface area contributed by atoms with Gasteiger partial charge >= 0.3 is 12.0 Å². The number of ether oxygens (including phenoxy) is 3. The van der Waals surface area contributed by atoms with E-state index in [9.17, 15) is 14.4 Å². The number of carbonyl (C=O) groups is 3. The summed E-state index contributed by atoms with van der Waals surface area (Å²) in [4.78, 5) is 36.1. The van der Waals surface area contributed by atoms with Crippen LogP contribution in [0.5, 0.6) is 11.5 Å².